The number of halogens is 1. The van der Waals surface area contributed by atoms with E-state index in [9.17, 15) is 14.3 Å². The van der Waals surface area contributed by atoms with Gasteiger partial charge in [0.1, 0.15) is 6.67 Å². The van der Waals surface area contributed by atoms with Crippen LogP contribution < -0.4 is 10.9 Å². The molecule has 3 aromatic rings. The maximum Gasteiger partial charge on any atom is 0.293 e. The summed E-state index contributed by atoms with van der Waals surface area (Å²) < 4.78 is 13.0. The van der Waals surface area contributed by atoms with Crippen LogP contribution in [0.1, 0.15) is 47.2 Å². The molecule has 0 radical (unpaired) electrons. The van der Waals surface area contributed by atoms with E-state index in [1.54, 1.807) is 6.92 Å². The van der Waals surface area contributed by atoms with Crippen molar-refractivity contribution in [3.8, 4) is 23.7 Å². The van der Waals surface area contributed by atoms with Crippen molar-refractivity contribution in [1.82, 2.24) is 20.2 Å². The molecule has 8 heteroatoms. The fourth-order valence-corrected chi connectivity index (χ4v) is 4.53. The Kier molecular flexibility index (Phi) is 9.26. The lowest BCUT2D eigenvalue weighted by Crippen LogP contribution is -2.32. The molecule has 2 unspecified atom stereocenters. The lowest BCUT2D eigenvalue weighted by Gasteiger charge is -2.20. The fraction of sp³-hybridized carbons (Fsp3) is 0.367. The van der Waals surface area contributed by atoms with E-state index >= 15 is 0 Å². The van der Waals surface area contributed by atoms with Gasteiger partial charge < -0.3 is 15.4 Å². The van der Waals surface area contributed by atoms with Crippen LogP contribution in [-0.2, 0) is 13.0 Å². The summed E-state index contributed by atoms with van der Waals surface area (Å²) in [7, 11) is 0. The SMILES string of the molecule is CC(CF)NCC(Cc1nc[nH]c(=O)c1O)c1ccc(C#Cc2ccc(CN3CC[C@H](C#N)C3)cc2)cc1. The number of nitrogens with one attached hydrogen (secondary N) is 2. The number of likely N-dealkylation sites (tertiary alicyclic amines) is 1. The summed E-state index contributed by atoms with van der Waals surface area (Å²) in [5.41, 5.74) is 3.68. The Bertz CT molecular complexity index is 1370. The summed E-state index contributed by atoms with van der Waals surface area (Å²) >= 11 is 0. The molecule has 38 heavy (non-hydrogen) atoms. The molecular weight excluding hydrogens is 481 g/mol. The number of benzene rings is 2. The molecule has 1 aromatic heterocycles. The van der Waals surface area contributed by atoms with Crippen molar-refractivity contribution in [3.05, 3.63) is 93.2 Å². The summed E-state index contributed by atoms with van der Waals surface area (Å²) in [5, 5.41) is 22.4. The Morgan fingerprint density at radius 1 is 1.18 bits per heavy atom. The minimum Gasteiger partial charge on any atom is -0.502 e. The standard InChI is InChI=1S/C30H32FN5O2/c1-21(15-31)33-17-27(14-28-29(37)30(38)35-20-34-28)26-10-8-23(9-11-26)3-2-22-4-6-24(7-5-22)18-36-13-12-25(16-32)19-36/h4-11,20-21,25,27,33,37H,12-15,17-19H2,1H3,(H,34,35,38)/t21?,25-,27?/m1/s1. The lowest BCUT2D eigenvalue weighted by molar-refractivity contribution is 0.325. The second-order valence-electron chi connectivity index (χ2n) is 9.81. The van der Waals surface area contributed by atoms with Gasteiger partial charge in [-0.05, 0) is 55.3 Å². The summed E-state index contributed by atoms with van der Waals surface area (Å²) in [6, 6.07) is 18.1. The molecule has 7 nitrogen and oxygen atoms in total. The van der Waals surface area contributed by atoms with E-state index in [2.05, 4.69) is 50.2 Å². The number of nitriles is 1. The van der Waals surface area contributed by atoms with Crippen molar-refractivity contribution in [2.75, 3.05) is 26.3 Å². The van der Waals surface area contributed by atoms with Crippen molar-refractivity contribution in [2.24, 2.45) is 5.92 Å². The van der Waals surface area contributed by atoms with Gasteiger partial charge in [-0.15, -0.1) is 0 Å². The van der Waals surface area contributed by atoms with E-state index in [1.165, 1.54) is 11.9 Å². The molecule has 0 amide bonds. The van der Waals surface area contributed by atoms with E-state index in [0.717, 1.165) is 42.7 Å². The van der Waals surface area contributed by atoms with Gasteiger partial charge in [-0.25, -0.2) is 9.37 Å². The molecule has 2 heterocycles. The monoisotopic (exact) mass is 513 g/mol. The second-order valence-corrected chi connectivity index (χ2v) is 9.81. The zero-order chi connectivity index (χ0) is 26.9. The van der Waals surface area contributed by atoms with Gasteiger partial charge in [0.2, 0.25) is 5.75 Å². The van der Waals surface area contributed by atoms with Gasteiger partial charge in [0.15, 0.2) is 0 Å². The van der Waals surface area contributed by atoms with Crippen LogP contribution in [0.25, 0.3) is 0 Å². The van der Waals surface area contributed by atoms with Gasteiger partial charge in [0, 0.05) is 49.1 Å². The van der Waals surface area contributed by atoms with Gasteiger partial charge in [-0.2, -0.15) is 5.26 Å². The Balaban J connectivity index is 1.42. The van der Waals surface area contributed by atoms with Crippen LogP contribution in [0.2, 0.25) is 0 Å². The zero-order valence-corrected chi connectivity index (χ0v) is 21.5. The molecule has 1 aliphatic rings. The third-order valence-corrected chi connectivity index (χ3v) is 6.84. The Labute approximate surface area is 222 Å². The van der Waals surface area contributed by atoms with Crippen LogP contribution in [0.15, 0.2) is 59.7 Å². The Hall–Kier alpha value is -3.98. The van der Waals surface area contributed by atoms with Gasteiger partial charge in [0.05, 0.1) is 24.0 Å². The first-order valence-electron chi connectivity index (χ1n) is 12.8. The van der Waals surface area contributed by atoms with E-state index in [1.807, 2.05) is 36.4 Å². The van der Waals surface area contributed by atoms with Crippen molar-refractivity contribution in [2.45, 2.75) is 38.3 Å². The molecule has 4 rings (SSSR count). The van der Waals surface area contributed by atoms with Crippen LogP contribution in [0.5, 0.6) is 5.75 Å². The van der Waals surface area contributed by atoms with Gasteiger partial charge >= 0.3 is 0 Å². The first-order chi connectivity index (χ1) is 18.4. The maximum absolute atomic E-state index is 13.0. The van der Waals surface area contributed by atoms with Crippen LogP contribution in [0.4, 0.5) is 4.39 Å². The van der Waals surface area contributed by atoms with Crippen molar-refractivity contribution < 1.29 is 9.50 Å². The van der Waals surface area contributed by atoms with Gasteiger partial charge in [-0.3, -0.25) is 9.69 Å². The minimum atomic E-state index is -0.582. The van der Waals surface area contributed by atoms with E-state index in [4.69, 9.17) is 5.26 Å². The van der Waals surface area contributed by atoms with Crippen molar-refractivity contribution >= 4 is 0 Å². The lowest BCUT2D eigenvalue weighted by atomic mass is 9.92. The largest absolute Gasteiger partial charge is 0.502 e. The van der Waals surface area contributed by atoms with Gasteiger partial charge in [0.25, 0.3) is 5.56 Å². The molecule has 0 aliphatic carbocycles. The normalized spacial score (nSPS) is 16.8. The number of rotatable bonds is 9. The van der Waals surface area contributed by atoms with Crippen LogP contribution in [0, 0.1) is 29.1 Å². The summed E-state index contributed by atoms with van der Waals surface area (Å²) in [6.07, 6.45) is 2.54. The maximum atomic E-state index is 13.0. The zero-order valence-electron chi connectivity index (χ0n) is 21.5. The van der Waals surface area contributed by atoms with E-state index in [0.29, 0.717) is 18.7 Å². The number of hydrogen-bond donors (Lipinski definition) is 3. The first kappa shape index (κ1) is 27.1. The molecule has 3 atom stereocenters. The van der Waals surface area contributed by atoms with Crippen LogP contribution in [0.3, 0.4) is 0 Å². The summed E-state index contributed by atoms with van der Waals surface area (Å²) in [6.45, 7) is 4.38. The number of aromatic amines is 1. The summed E-state index contributed by atoms with van der Waals surface area (Å²) in [4.78, 5) is 20.6. The molecule has 0 spiro atoms. The highest BCUT2D eigenvalue weighted by Gasteiger charge is 2.22. The molecular formula is C30H32FN5O2. The fourth-order valence-electron chi connectivity index (χ4n) is 4.53. The van der Waals surface area contributed by atoms with Crippen LogP contribution >= 0.6 is 0 Å². The highest BCUT2D eigenvalue weighted by Crippen LogP contribution is 2.23. The third-order valence-electron chi connectivity index (χ3n) is 6.84. The number of aromatic nitrogens is 2. The topological polar surface area (TPSA) is 105 Å². The minimum absolute atomic E-state index is 0.127. The van der Waals surface area contributed by atoms with E-state index in [-0.39, 0.29) is 17.9 Å². The van der Waals surface area contributed by atoms with Crippen LogP contribution in [-0.4, -0.2) is 52.3 Å². The average molecular weight is 514 g/mol. The first-order valence-corrected chi connectivity index (χ1v) is 12.8. The second kappa shape index (κ2) is 13.0. The molecule has 0 bridgehead atoms. The predicted octanol–water partition coefficient (Wildman–Crippen LogP) is 3.49. The molecule has 3 N–H and O–H groups in total. The number of alkyl halides is 1. The predicted molar refractivity (Wildman–Crippen MR) is 144 cm³/mol. The highest BCUT2D eigenvalue weighted by molar-refractivity contribution is 5.44. The molecule has 1 aliphatic heterocycles. The number of nitrogens with zero attached hydrogens (tertiary/aromatic N) is 3. The summed E-state index contributed by atoms with van der Waals surface area (Å²) in [5.74, 6) is 6.03. The quantitative estimate of drug-likeness (QED) is 0.379. The molecule has 196 valence electrons. The smallest absolute Gasteiger partial charge is 0.293 e. The number of H-pyrrole nitrogens is 1. The van der Waals surface area contributed by atoms with Gasteiger partial charge in [-0.1, -0.05) is 36.1 Å². The average Bonchev–Trinajstić information content (AvgIpc) is 3.40. The molecule has 2 aromatic carbocycles. The Morgan fingerprint density at radius 3 is 2.50 bits per heavy atom. The molecule has 1 saturated heterocycles. The highest BCUT2D eigenvalue weighted by atomic mass is 19.1. The molecule has 0 saturated carbocycles. The number of aromatic hydroxyl groups is 1. The van der Waals surface area contributed by atoms with E-state index < -0.39 is 18.0 Å². The number of hydrogen-bond acceptors (Lipinski definition) is 6. The molecule has 1 fully saturated rings. The van der Waals surface area contributed by atoms with Crippen molar-refractivity contribution in [3.63, 3.8) is 0 Å². The van der Waals surface area contributed by atoms with Crippen molar-refractivity contribution in [1.29, 1.82) is 5.26 Å². The third kappa shape index (κ3) is 7.29. The Morgan fingerprint density at radius 2 is 1.87 bits per heavy atom.